The second-order valence-corrected chi connectivity index (χ2v) is 4.76. The van der Waals surface area contributed by atoms with Gasteiger partial charge in [0.25, 0.3) is 0 Å². The molecule has 1 amide bonds. The maximum Gasteiger partial charge on any atom is 0.325 e. The Morgan fingerprint density at radius 1 is 1.35 bits per heavy atom. The van der Waals surface area contributed by atoms with Crippen molar-refractivity contribution in [3.63, 3.8) is 0 Å². The number of hydrogen-bond acceptors (Lipinski definition) is 3. The van der Waals surface area contributed by atoms with E-state index in [-0.39, 0.29) is 19.1 Å². The molecule has 20 heavy (non-hydrogen) atoms. The molecule has 0 fully saturated rings. The van der Waals surface area contributed by atoms with Gasteiger partial charge in [-0.25, -0.2) is 0 Å². The molecular weight excluding hydrogens is 301 g/mol. The molecule has 6 heteroatoms. The first-order chi connectivity index (χ1) is 9.45. The molecule has 0 saturated carbocycles. The Balaban J connectivity index is 2.67. The normalized spacial score (nSPS) is 10.6. The van der Waals surface area contributed by atoms with E-state index in [1.807, 2.05) is 0 Å². The number of ether oxygens (including phenoxy) is 1. The first-order valence-corrected chi connectivity index (χ1v) is 6.74. The molecular formula is C14H15Cl2NO3. The van der Waals surface area contributed by atoms with Crippen LogP contribution < -0.4 is 0 Å². The molecule has 0 spiro atoms. The summed E-state index contributed by atoms with van der Waals surface area (Å²) in [5.41, 5.74) is 0.636. The Morgan fingerprint density at radius 3 is 2.70 bits per heavy atom. The zero-order chi connectivity index (χ0) is 15.1. The Hall–Kier alpha value is -1.52. The lowest BCUT2D eigenvalue weighted by atomic mass is 10.2. The van der Waals surface area contributed by atoms with Crippen LogP contribution in [0.3, 0.4) is 0 Å². The van der Waals surface area contributed by atoms with E-state index in [0.717, 1.165) is 0 Å². The van der Waals surface area contributed by atoms with E-state index in [1.165, 1.54) is 18.0 Å². The van der Waals surface area contributed by atoms with Gasteiger partial charge in [-0.15, -0.1) is 0 Å². The maximum absolute atomic E-state index is 11.8. The van der Waals surface area contributed by atoms with Crippen molar-refractivity contribution in [2.75, 3.05) is 20.2 Å². The van der Waals surface area contributed by atoms with Crippen molar-refractivity contribution in [2.24, 2.45) is 0 Å². The number of amides is 1. The van der Waals surface area contributed by atoms with Gasteiger partial charge in [0.2, 0.25) is 5.91 Å². The van der Waals surface area contributed by atoms with Crippen LogP contribution in [0, 0.1) is 0 Å². The largest absolute Gasteiger partial charge is 0.465 e. The van der Waals surface area contributed by atoms with Crippen LogP contribution in [-0.4, -0.2) is 37.0 Å². The fraction of sp³-hybridized carbons (Fsp3) is 0.286. The van der Waals surface area contributed by atoms with Crippen LogP contribution in [0.15, 0.2) is 24.3 Å². The van der Waals surface area contributed by atoms with Crippen LogP contribution in [0.2, 0.25) is 10.0 Å². The molecule has 0 N–H and O–H groups in total. The quantitative estimate of drug-likeness (QED) is 0.620. The minimum Gasteiger partial charge on any atom is -0.465 e. The highest BCUT2D eigenvalue weighted by molar-refractivity contribution is 6.42. The van der Waals surface area contributed by atoms with Gasteiger partial charge in [0, 0.05) is 13.1 Å². The molecule has 0 unspecified atom stereocenters. The van der Waals surface area contributed by atoms with Crippen molar-refractivity contribution in [2.45, 2.75) is 6.92 Å². The van der Waals surface area contributed by atoms with Crippen molar-refractivity contribution < 1.29 is 14.3 Å². The Morgan fingerprint density at radius 2 is 2.05 bits per heavy atom. The van der Waals surface area contributed by atoms with E-state index in [9.17, 15) is 9.59 Å². The number of benzene rings is 1. The van der Waals surface area contributed by atoms with Gasteiger partial charge >= 0.3 is 5.97 Å². The van der Waals surface area contributed by atoms with Crippen molar-refractivity contribution in [3.05, 3.63) is 39.9 Å². The second kappa shape index (κ2) is 7.92. The van der Waals surface area contributed by atoms with Gasteiger partial charge in [-0.05, 0) is 24.6 Å². The molecule has 0 saturated heterocycles. The topological polar surface area (TPSA) is 46.6 Å². The zero-order valence-corrected chi connectivity index (χ0v) is 12.7. The zero-order valence-electron chi connectivity index (χ0n) is 11.2. The molecule has 108 valence electrons. The third kappa shape index (κ3) is 4.87. The molecule has 0 aromatic heterocycles. The smallest absolute Gasteiger partial charge is 0.325 e. The van der Waals surface area contributed by atoms with Crippen LogP contribution in [0.4, 0.5) is 0 Å². The first kappa shape index (κ1) is 16.5. The summed E-state index contributed by atoms with van der Waals surface area (Å²) in [6, 6.07) is 5.14. The fourth-order valence-electron chi connectivity index (χ4n) is 1.42. The SMILES string of the molecule is CCOC(=O)CN(C)C(=O)C=Cc1cccc(Cl)c1Cl. The predicted molar refractivity (Wildman–Crippen MR) is 79.8 cm³/mol. The number of halogens is 2. The average molecular weight is 316 g/mol. The van der Waals surface area contributed by atoms with Crippen LogP contribution in [0.25, 0.3) is 6.08 Å². The van der Waals surface area contributed by atoms with Crippen molar-refractivity contribution in [1.29, 1.82) is 0 Å². The van der Waals surface area contributed by atoms with E-state index in [0.29, 0.717) is 15.6 Å². The number of carbonyl (C=O) groups excluding carboxylic acids is 2. The first-order valence-electron chi connectivity index (χ1n) is 5.98. The van der Waals surface area contributed by atoms with E-state index in [1.54, 1.807) is 31.2 Å². The van der Waals surface area contributed by atoms with Gasteiger partial charge in [-0.3, -0.25) is 9.59 Å². The lowest BCUT2D eigenvalue weighted by Crippen LogP contribution is -2.31. The number of likely N-dealkylation sites (N-methyl/N-ethyl adjacent to an activating group) is 1. The Labute approximate surface area is 127 Å². The van der Waals surface area contributed by atoms with Crippen LogP contribution >= 0.6 is 23.2 Å². The number of carbonyl (C=O) groups is 2. The summed E-state index contributed by atoms with van der Waals surface area (Å²) in [4.78, 5) is 24.3. The predicted octanol–water partition coefficient (Wildman–Crippen LogP) is 3.03. The highest BCUT2D eigenvalue weighted by Gasteiger charge is 2.11. The molecule has 4 nitrogen and oxygen atoms in total. The number of hydrogen-bond donors (Lipinski definition) is 0. The molecule has 0 heterocycles. The highest BCUT2D eigenvalue weighted by atomic mass is 35.5. The summed E-state index contributed by atoms with van der Waals surface area (Å²) in [6.07, 6.45) is 2.88. The van der Waals surface area contributed by atoms with Crippen molar-refractivity contribution >= 4 is 41.2 Å². The number of nitrogens with zero attached hydrogens (tertiary/aromatic N) is 1. The number of esters is 1. The van der Waals surface area contributed by atoms with Crippen molar-refractivity contribution in [3.8, 4) is 0 Å². The summed E-state index contributed by atoms with van der Waals surface area (Å²) in [5.74, 6) is -0.772. The lowest BCUT2D eigenvalue weighted by Gasteiger charge is -2.13. The molecule has 0 bridgehead atoms. The van der Waals surface area contributed by atoms with Crippen LogP contribution in [0.5, 0.6) is 0 Å². The molecule has 0 aliphatic heterocycles. The van der Waals surface area contributed by atoms with Crippen LogP contribution in [-0.2, 0) is 14.3 Å². The monoisotopic (exact) mass is 315 g/mol. The summed E-state index contributed by atoms with van der Waals surface area (Å²) >= 11 is 11.9. The molecule has 1 aromatic rings. The molecule has 0 aliphatic rings. The summed E-state index contributed by atoms with van der Waals surface area (Å²) in [5, 5.41) is 0.799. The third-order valence-electron chi connectivity index (χ3n) is 2.43. The van der Waals surface area contributed by atoms with Crippen LogP contribution in [0.1, 0.15) is 12.5 Å². The van der Waals surface area contributed by atoms with Gasteiger partial charge in [0.15, 0.2) is 0 Å². The maximum atomic E-state index is 11.8. The summed E-state index contributed by atoms with van der Waals surface area (Å²) < 4.78 is 4.76. The molecule has 1 aromatic carbocycles. The van der Waals surface area contributed by atoms with Gasteiger partial charge in [-0.1, -0.05) is 35.3 Å². The highest BCUT2D eigenvalue weighted by Crippen LogP contribution is 2.26. The van der Waals surface area contributed by atoms with E-state index in [4.69, 9.17) is 27.9 Å². The standard InChI is InChI=1S/C14H15Cl2NO3/c1-3-20-13(19)9-17(2)12(18)8-7-10-5-4-6-11(15)14(10)16/h4-8H,3,9H2,1-2H3. The molecule has 1 rings (SSSR count). The number of rotatable bonds is 5. The van der Waals surface area contributed by atoms with E-state index < -0.39 is 5.97 Å². The summed E-state index contributed by atoms with van der Waals surface area (Å²) in [6.45, 7) is 1.90. The molecule has 0 atom stereocenters. The van der Waals surface area contributed by atoms with Gasteiger partial charge in [0.05, 0.1) is 16.7 Å². The lowest BCUT2D eigenvalue weighted by molar-refractivity contribution is -0.146. The van der Waals surface area contributed by atoms with E-state index >= 15 is 0 Å². The minimum absolute atomic E-state index is 0.0969. The fourth-order valence-corrected chi connectivity index (χ4v) is 1.79. The molecule has 0 radical (unpaired) electrons. The molecule has 0 aliphatic carbocycles. The van der Waals surface area contributed by atoms with Gasteiger partial charge in [-0.2, -0.15) is 0 Å². The Kier molecular flexibility index (Phi) is 6.55. The van der Waals surface area contributed by atoms with Gasteiger partial charge < -0.3 is 9.64 Å². The average Bonchev–Trinajstić information content (AvgIpc) is 2.40. The second-order valence-electron chi connectivity index (χ2n) is 3.98. The summed E-state index contributed by atoms with van der Waals surface area (Å²) in [7, 11) is 1.52. The van der Waals surface area contributed by atoms with E-state index in [2.05, 4.69) is 0 Å². The third-order valence-corrected chi connectivity index (χ3v) is 3.27. The van der Waals surface area contributed by atoms with Crippen molar-refractivity contribution in [1.82, 2.24) is 4.90 Å². The minimum atomic E-state index is -0.447. The Bertz CT molecular complexity index is 529. The van der Waals surface area contributed by atoms with Gasteiger partial charge in [0.1, 0.15) is 6.54 Å².